The Balaban J connectivity index is 0.863. The maximum Gasteiger partial charge on any atom is 0.405 e. The molecule has 4 aromatic carbocycles. The number of aromatic nitrogens is 4. The third-order valence-electron chi connectivity index (χ3n) is 12.5. The summed E-state index contributed by atoms with van der Waals surface area (Å²) in [4.78, 5) is 70.2. The van der Waals surface area contributed by atoms with Gasteiger partial charge < -0.3 is 40.6 Å². The van der Waals surface area contributed by atoms with Crippen LogP contribution in [0.2, 0.25) is 0 Å². The van der Waals surface area contributed by atoms with Gasteiger partial charge >= 0.3 is 12.2 Å². The molecule has 4 amide bonds. The van der Waals surface area contributed by atoms with E-state index in [1.54, 1.807) is 9.80 Å². The number of fused-ring (bicyclic) bond motifs is 3. The number of aromatic amines is 2. The Labute approximate surface area is 333 Å². The largest absolute Gasteiger partial charge is 0.465 e. The van der Waals surface area contributed by atoms with Crippen molar-refractivity contribution >= 4 is 56.8 Å². The van der Waals surface area contributed by atoms with Crippen molar-refractivity contribution in [2.75, 3.05) is 13.1 Å². The molecule has 2 aromatic heterocycles. The summed E-state index contributed by atoms with van der Waals surface area (Å²) in [7, 11) is 0. The van der Waals surface area contributed by atoms with Crippen LogP contribution in [0.4, 0.5) is 9.59 Å². The maximum absolute atomic E-state index is 13.5. The third-order valence-corrected chi connectivity index (χ3v) is 12.5. The first kappa shape index (κ1) is 35.9. The van der Waals surface area contributed by atoms with Gasteiger partial charge in [0, 0.05) is 13.1 Å². The quantitative estimate of drug-likeness (QED) is 0.0830. The molecule has 14 nitrogen and oxygen atoms in total. The lowest BCUT2D eigenvalue weighted by Gasteiger charge is -2.27. The van der Waals surface area contributed by atoms with Crippen molar-refractivity contribution in [2.24, 2.45) is 11.8 Å². The highest BCUT2D eigenvalue weighted by Crippen LogP contribution is 2.40. The second-order valence-corrected chi connectivity index (χ2v) is 16.4. The number of nitrogens with one attached hydrogen (secondary N) is 4. The van der Waals surface area contributed by atoms with Crippen LogP contribution in [-0.4, -0.2) is 89.1 Å². The molecular weight excluding hydrogens is 737 g/mol. The number of carbonyl (C=O) groups excluding carboxylic acids is 2. The zero-order valence-electron chi connectivity index (χ0n) is 31.8. The number of H-pyrrole nitrogens is 2. The molecule has 4 fully saturated rings. The minimum atomic E-state index is -1.17. The van der Waals surface area contributed by atoms with Crippen molar-refractivity contribution in [3.05, 3.63) is 84.4 Å². The number of imidazole rings is 2. The minimum Gasteiger partial charge on any atom is -0.465 e. The molecule has 4 atom stereocenters. The van der Waals surface area contributed by atoms with Crippen LogP contribution in [0, 0.1) is 11.8 Å². The summed E-state index contributed by atoms with van der Waals surface area (Å²) < 4.78 is 0. The lowest BCUT2D eigenvalue weighted by Crippen LogP contribution is -2.49. The first-order valence-corrected chi connectivity index (χ1v) is 20.3. The second-order valence-electron chi connectivity index (χ2n) is 16.4. The summed E-state index contributed by atoms with van der Waals surface area (Å²) >= 11 is 0. The summed E-state index contributed by atoms with van der Waals surface area (Å²) in [5.41, 5.74) is 7.60. The van der Waals surface area contributed by atoms with Crippen LogP contribution in [0.5, 0.6) is 0 Å². The van der Waals surface area contributed by atoms with Crippen molar-refractivity contribution in [1.82, 2.24) is 40.4 Å². The predicted molar refractivity (Wildman–Crippen MR) is 217 cm³/mol. The molecule has 4 aliphatic rings. The van der Waals surface area contributed by atoms with E-state index in [0.29, 0.717) is 13.1 Å². The van der Waals surface area contributed by atoms with Crippen LogP contribution in [-0.2, 0) is 9.59 Å². The Morgan fingerprint density at radius 3 is 1.36 bits per heavy atom. The van der Waals surface area contributed by atoms with Crippen LogP contribution in [0.25, 0.3) is 55.1 Å². The van der Waals surface area contributed by atoms with Crippen molar-refractivity contribution in [1.29, 1.82) is 0 Å². The van der Waals surface area contributed by atoms with E-state index >= 15 is 0 Å². The molecular formula is C44H44N8O6. The van der Waals surface area contributed by atoms with Crippen LogP contribution in [0.15, 0.2) is 72.8 Å². The number of carbonyl (C=O) groups is 4. The van der Waals surface area contributed by atoms with Gasteiger partial charge in [0.25, 0.3) is 0 Å². The monoisotopic (exact) mass is 780 g/mol. The summed E-state index contributed by atoms with van der Waals surface area (Å²) in [5.74, 6) is 1.23. The third kappa shape index (κ3) is 6.75. The van der Waals surface area contributed by atoms with Crippen molar-refractivity contribution in [3.63, 3.8) is 0 Å². The van der Waals surface area contributed by atoms with Gasteiger partial charge in [0.2, 0.25) is 11.8 Å². The van der Waals surface area contributed by atoms with E-state index in [4.69, 9.17) is 9.97 Å². The van der Waals surface area contributed by atoms with Gasteiger partial charge in [-0.15, -0.1) is 0 Å². The number of benzene rings is 4. The summed E-state index contributed by atoms with van der Waals surface area (Å²) in [5, 5.41) is 25.9. The minimum absolute atomic E-state index is 0.0592. The smallest absolute Gasteiger partial charge is 0.405 e. The summed E-state index contributed by atoms with van der Waals surface area (Å²) in [6.07, 6.45) is 4.28. The van der Waals surface area contributed by atoms with Crippen molar-refractivity contribution in [3.8, 4) is 22.3 Å². The molecule has 296 valence electrons. The fourth-order valence-electron chi connectivity index (χ4n) is 9.21. The lowest BCUT2D eigenvalue weighted by molar-refractivity contribution is -0.135. The Bertz CT molecular complexity index is 2450. The van der Waals surface area contributed by atoms with E-state index in [1.165, 1.54) is 0 Å². The van der Waals surface area contributed by atoms with Gasteiger partial charge in [0.15, 0.2) is 0 Å². The molecule has 0 bridgehead atoms. The number of amides is 4. The van der Waals surface area contributed by atoms with Gasteiger partial charge in [-0.05, 0) is 133 Å². The number of likely N-dealkylation sites (tertiary alicyclic amines) is 2. The van der Waals surface area contributed by atoms with Gasteiger partial charge in [-0.25, -0.2) is 19.6 Å². The number of hydrogen-bond acceptors (Lipinski definition) is 6. The normalized spacial score (nSPS) is 20.5. The average Bonchev–Trinajstić information content (AvgIpc) is 4.00. The van der Waals surface area contributed by atoms with Gasteiger partial charge in [-0.3, -0.25) is 9.59 Å². The van der Waals surface area contributed by atoms with E-state index in [0.717, 1.165) is 118 Å². The Kier molecular flexibility index (Phi) is 8.79. The highest BCUT2D eigenvalue weighted by molar-refractivity contribution is 5.93. The molecule has 2 unspecified atom stereocenters. The van der Waals surface area contributed by atoms with Gasteiger partial charge in [-0.2, -0.15) is 0 Å². The van der Waals surface area contributed by atoms with E-state index in [-0.39, 0.29) is 35.7 Å². The molecule has 6 N–H and O–H groups in total. The van der Waals surface area contributed by atoms with E-state index in [9.17, 15) is 29.4 Å². The van der Waals surface area contributed by atoms with Gasteiger partial charge in [0.05, 0.1) is 34.2 Å². The molecule has 0 spiro atoms. The van der Waals surface area contributed by atoms with Gasteiger partial charge in [0.1, 0.15) is 23.7 Å². The predicted octanol–water partition coefficient (Wildman–Crippen LogP) is 7.35. The van der Waals surface area contributed by atoms with E-state index < -0.39 is 24.3 Å². The number of rotatable bonds is 10. The van der Waals surface area contributed by atoms with Crippen LogP contribution in [0.1, 0.15) is 75.1 Å². The summed E-state index contributed by atoms with van der Waals surface area (Å²) in [6.45, 7) is 1.15. The summed E-state index contributed by atoms with van der Waals surface area (Å²) in [6, 6.07) is 23.3. The fourth-order valence-corrected chi connectivity index (χ4v) is 9.21. The highest BCUT2D eigenvalue weighted by Gasteiger charge is 2.44. The molecule has 2 aliphatic heterocycles. The first-order chi connectivity index (χ1) is 28.2. The molecule has 14 heteroatoms. The Hall–Kier alpha value is -6.44. The van der Waals surface area contributed by atoms with Crippen LogP contribution in [0.3, 0.4) is 0 Å². The van der Waals surface area contributed by atoms with Crippen molar-refractivity contribution in [2.45, 2.75) is 75.5 Å². The molecule has 0 radical (unpaired) electrons. The standard InChI is InChI=1S/C44H44N8O6/c53-41(37(23-5-6-23)49-43(55)56)51-17-1-3-35(51)39-45-31-15-13-29(21-33(31)47-39)27-11-9-26-20-28(12-10-25(26)19-27)30-14-16-32-34(22-30)48-40(46-32)36-4-2-18-52(36)42(54)38(24-7-8-24)50-44(57)58/h9-16,19-24,35-38,49-50H,1-8,17-18H2,(H,45,47)(H,46,48)(H,55,56)(H,57,58)/t35-,36-,37?,38?/m0/s1. The maximum atomic E-state index is 13.5. The highest BCUT2D eigenvalue weighted by atomic mass is 16.4. The van der Waals surface area contributed by atoms with Crippen molar-refractivity contribution < 1.29 is 29.4 Å². The van der Waals surface area contributed by atoms with Crippen LogP contribution < -0.4 is 10.6 Å². The first-order valence-electron chi connectivity index (χ1n) is 20.3. The fraction of sp³-hybridized carbons (Fsp3) is 0.364. The Morgan fingerprint density at radius 2 is 0.966 bits per heavy atom. The lowest BCUT2D eigenvalue weighted by atomic mass is 9.97. The topological polar surface area (TPSA) is 197 Å². The molecule has 6 aromatic rings. The average molecular weight is 781 g/mol. The number of carboxylic acid groups (broad SMARTS) is 2. The second kappa shape index (κ2) is 14.2. The molecule has 2 saturated heterocycles. The number of nitrogens with zero attached hydrogens (tertiary/aromatic N) is 4. The molecule has 10 rings (SSSR count). The number of hydrogen-bond donors (Lipinski definition) is 6. The SMILES string of the molecule is O=C(O)NC(C(=O)N1CCC[C@H]1c1nc2ccc(-c3ccc4cc(-c5ccc6nc([C@@H]7CCCN7C(=O)C(NC(=O)O)C7CC7)[nH]c6c5)ccc4c3)cc2[nH]1)C1CC1. The van der Waals surface area contributed by atoms with E-state index in [2.05, 4.69) is 81.3 Å². The van der Waals surface area contributed by atoms with Crippen LogP contribution >= 0.6 is 0 Å². The molecule has 2 aliphatic carbocycles. The molecule has 58 heavy (non-hydrogen) atoms. The van der Waals surface area contributed by atoms with E-state index in [1.807, 2.05) is 12.1 Å². The Morgan fingerprint density at radius 1 is 0.569 bits per heavy atom. The zero-order chi connectivity index (χ0) is 39.7. The molecule has 4 heterocycles. The zero-order valence-corrected chi connectivity index (χ0v) is 31.8. The van der Waals surface area contributed by atoms with Gasteiger partial charge in [-0.1, -0.05) is 36.4 Å². The molecule has 2 saturated carbocycles.